The summed E-state index contributed by atoms with van der Waals surface area (Å²) in [5.74, 6) is -0.672. The number of methoxy groups -OCH3 is 1. The Morgan fingerprint density at radius 1 is 1.20 bits per heavy atom. The quantitative estimate of drug-likeness (QED) is 0.462. The van der Waals surface area contributed by atoms with Gasteiger partial charge < -0.3 is 29.5 Å². The van der Waals surface area contributed by atoms with Gasteiger partial charge in [0.15, 0.2) is 5.60 Å². The Hall–Kier alpha value is -3.89. The van der Waals surface area contributed by atoms with Gasteiger partial charge in [0.1, 0.15) is 12.4 Å². The Kier molecular flexibility index (Phi) is 7.82. The lowest BCUT2D eigenvalue weighted by Crippen LogP contribution is -2.44. The number of cyclic esters (lactones) is 1. The highest BCUT2D eigenvalue weighted by atomic mass is 16.6. The van der Waals surface area contributed by atoms with Gasteiger partial charge in [-0.25, -0.2) is 4.79 Å². The molecule has 40 heavy (non-hydrogen) atoms. The molecule has 3 atom stereocenters. The normalized spacial score (nSPS) is 23.2. The number of nitrogens with zero attached hydrogens (tertiary/aromatic N) is 3. The van der Waals surface area contributed by atoms with Crippen LogP contribution in [0.5, 0.6) is 5.75 Å². The number of likely N-dealkylation sites (tertiary alicyclic amines) is 1. The minimum absolute atomic E-state index is 0.0535. The van der Waals surface area contributed by atoms with Crippen LogP contribution >= 0.6 is 0 Å². The maximum absolute atomic E-state index is 13.9. The molecule has 212 valence electrons. The van der Waals surface area contributed by atoms with Crippen LogP contribution in [0, 0.1) is 5.92 Å². The fourth-order valence-electron chi connectivity index (χ4n) is 5.79. The molecular weight excluding hydrogens is 514 g/mol. The van der Waals surface area contributed by atoms with E-state index < -0.39 is 17.4 Å². The first-order valence-corrected chi connectivity index (χ1v) is 13.6. The molecule has 0 bridgehead atoms. The van der Waals surface area contributed by atoms with Crippen molar-refractivity contribution in [1.29, 1.82) is 0 Å². The predicted octanol–water partition coefficient (Wildman–Crippen LogP) is 2.95. The molecule has 10 heteroatoms. The van der Waals surface area contributed by atoms with E-state index in [0.717, 1.165) is 18.4 Å². The number of aliphatic hydroxyl groups excluding tert-OH is 1. The average Bonchev–Trinajstić information content (AvgIpc) is 3.68. The van der Waals surface area contributed by atoms with Crippen molar-refractivity contribution in [3.05, 3.63) is 65.7 Å². The van der Waals surface area contributed by atoms with Crippen molar-refractivity contribution in [3.8, 4) is 5.75 Å². The van der Waals surface area contributed by atoms with E-state index in [2.05, 4.69) is 0 Å². The van der Waals surface area contributed by atoms with Crippen LogP contribution in [0.3, 0.4) is 0 Å². The van der Waals surface area contributed by atoms with Gasteiger partial charge in [-0.05, 0) is 48.7 Å². The van der Waals surface area contributed by atoms with Crippen molar-refractivity contribution in [2.24, 2.45) is 5.92 Å². The molecule has 2 aromatic carbocycles. The molecule has 10 nitrogen and oxygen atoms in total. The number of hydrogen-bond donors (Lipinski definition) is 2. The van der Waals surface area contributed by atoms with Crippen LogP contribution in [0.15, 0.2) is 54.6 Å². The number of anilines is 2. The summed E-state index contributed by atoms with van der Waals surface area (Å²) >= 11 is 0. The standard InChI is InChI=1S/C30H35N3O7/c1-20(5-3-7-27(35)31-14-4-6-23(31)19-34)30(38)25-17-24(39-2)12-13-26(25)33(28(30)36)18-21-8-10-22(11-9-21)32-15-16-40-29(32)37/h3,5,8-13,17,20,23,34,38H,4,6-7,14-16,18-19H2,1-2H3/b5-3+/t20-,23+,30+/m1/s1. The average molecular weight is 550 g/mol. The van der Waals surface area contributed by atoms with E-state index in [1.54, 1.807) is 52.0 Å². The van der Waals surface area contributed by atoms with E-state index in [0.29, 0.717) is 42.4 Å². The summed E-state index contributed by atoms with van der Waals surface area (Å²) in [5, 5.41) is 21.5. The van der Waals surface area contributed by atoms with E-state index in [9.17, 15) is 24.6 Å². The summed E-state index contributed by atoms with van der Waals surface area (Å²) in [6, 6.07) is 12.4. The number of carbonyl (C=O) groups is 3. The third-order valence-corrected chi connectivity index (χ3v) is 8.11. The van der Waals surface area contributed by atoms with E-state index in [1.807, 2.05) is 24.3 Å². The molecule has 3 amide bonds. The second-order valence-corrected chi connectivity index (χ2v) is 10.5. The Bertz CT molecular complexity index is 1310. The molecule has 0 saturated carbocycles. The second kappa shape index (κ2) is 11.3. The van der Waals surface area contributed by atoms with Gasteiger partial charge in [0.2, 0.25) is 5.91 Å². The minimum atomic E-state index is -1.86. The lowest BCUT2D eigenvalue weighted by atomic mass is 9.83. The molecule has 0 aromatic heterocycles. The molecule has 3 aliphatic heterocycles. The van der Waals surface area contributed by atoms with Crippen molar-refractivity contribution in [2.45, 2.75) is 44.4 Å². The van der Waals surface area contributed by atoms with Crippen molar-refractivity contribution >= 4 is 29.3 Å². The van der Waals surface area contributed by atoms with Gasteiger partial charge >= 0.3 is 6.09 Å². The molecule has 0 aliphatic carbocycles. The Labute approximate surface area is 233 Å². The zero-order valence-corrected chi connectivity index (χ0v) is 22.8. The molecule has 2 saturated heterocycles. The van der Waals surface area contributed by atoms with Crippen LogP contribution in [-0.4, -0.2) is 72.5 Å². The number of fused-ring (bicyclic) bond motifs is 1. The SMILES string of the molecule is COc1ccc2c(c1)[C@@](O)([C@H](C)/C=C/CC(=O)N1CCC[C@H]1CO)C(=O)N2Cc1ccc(N2CCOC2=O)cc1. The van der Waals surface area contributed by atoms with Crippen molar-refractivity contribution < 1.29 is 34.1 Å². The first-order valence-electron chi connectivity index (χ1n) is 13.6. The monoisotopic (exact) mass is 549 g/mol. The number of amides is 3. The molecule has 3 heterocycles. The van der Waals surface area contributed by atoms with Gasteiger partial charge in [-0.1, -0.05) is 31.2 Å². The van der Waals surface area contributed by atoms with Gasteiger partial charge in [0.05, 0.1) is 38.5 Å². The third-order valence-electron chi connectivity index (χ3n) is 8.11. The van der Waals surface area contributed by atoms with E-state index in [4.69, 9.17) is 9.47 Å². The highest BCUT2D eigenvalue weighted by Crippen LogP contribution is 2.47. The zero-order chi connectivity index (χ0) is 28.4. The van der Waals surface area contributed by atoms with Crippen molar-refractivity contribution in [3.63, 3.8) is 0 Å². The number of rotatable bonds is 9. The number of carbonyl (C=O) groups excluding carboxylic acids is 3. The molecule has 0 spiro atoms. The summed E-state index contributed by atoms with van der Waals surface area (Å²) in [5.41, 5.74) is 0.710. The number of aliphatic hydroxyl groups is 2. The van der Waals surface area contributed by atoms with Crippen LogP contribution in [0.25, 0.3) is 0 Å². The van der Waals surface area contributed by atoms with Crippen LogP contribution < -0.4 is 14.5 Å². The first-order chi connectivity index (χ1) is 19.3. The van der Waals surface area contributed by atoms with E-state index in [-0.39, 0.29) is 37.6 Å². The maximum atomic E-state index is 13.9. The predicted molar refractivity (Wildman–Crippen MR) is 148 cm³/mol. The molecule has 5 rings (SSSR count). The molecule has 0 radical (unpaired) electrons. The molecule has 2 aromatic rings. The first kappa shape index (κ1) is 27.7. The number of benzene rings is 2. The smallest absolute Gasteiger partial charge is 0.414 e. The molecular formula is C30H35N3O7. The van der Waals surface area contributed by atoms with Crippen LogP contribution in [0.1, 0.15) is 37.3 Å². The third kappa shape index (κ3) is 4.93. The maximum Gasteiger partial charge on any atom is 0.414 e. The summed E-state index contributed by atoms with van der Waals surface area (Å²) in [7, 11) is 1.53. The van der Waals surface area contributed by atoms with Crippen LogP contribution in [0.4, 0.5) is 16.2 Å². The Morgan fingerprint density at radius 3 is 2.65 bits per heavy atom. The van der Waals surface area contributed by atoms with E-state index in [1.165, 1.54) is 7.11 Å². The summed E-state index contributed by atoms with van der Waals surface area (Å²) in [4.78, 5) is 43.3. The molecule has 2 N–H and O–H groups in total. The van der Waals surface area contributed by atoms with Gasteiger partial charge in [-0.15, -0.1) is 0 Å². The molecule has 2 fully saturated rings. The highest BCUT2D eigenvalue weighted by Gasteiger charge is 2.52. The molecule has 0 unspecified atom stereocenters. The lowest BCUT2D eigenvalue weighted by Gasteiger charge is -2.28. The number of hydrogen-bond acceptors (Lipinski definition) is 7. The number of ether oxygens (including phenoxy) is 2. The van der Waals surface area contributed by atoms with Gasteiger partial charge in [0, 0.05) is 30.1 Å². The molecule has 3 aliphatic rings. The van der Waals surface area contributed by atoms with Gasteiger partial charge in [-0.3, -0.25) is 14.5 Å². The summed E-state index contributed by atoms with van der Waals surface area (Å²) in [6.45, 7) is 3.38. The fourth-order valence-corrected chi connectivity index (χ4v) is 5.79. The summed E-state index contributed by atoms with van der Waals surface area (Å²) in [6.07, 6.45) is 4.79. The van der Waals surface area contributed by atoms with Crippen molar-refractivity contribution in [2.75, 3.05) is 43.2 Å². The van der Waals surface area contributed by atoms with Crippen LogP contribution in [0.2, 0.25) is 0 Å². The lowest BCUT2D eigenvalue weighted by molar-refractivity contribution is -0.139. The Morgan fingerprint density at radius 2 is 1.98 bits per heavy atom. The summed E-state index contributed by atoms with van der Waals surface area (Å²) < 4.78 is 10.4. The van der Waals surface area contributed by atoms with Gasteiger partial charge in [0.25, 0.3) is 5.91 Å². The largest absolute Gasteiger partial charge is 0.497 e. The Balaban J connectivity index is 1.36. The minimum Gasteiger partial charge on any atom is -0.497 e. The van der Waals surface area contributed by atoms with Gasteiger partial charge in [-0.2, -0.15) is 0 Å². The van der Waals surface area contributed by atoms with E-state index >= 15 is 0 Å². The van der Waals surface area contributed by atoms with Crippen LogP contribution in [-0.2, 0) is 26.5 Å². The highest BCUT2D eigenvalue weighted by molar-refractivity contribution is 6.07. The topological polar surface area (TPSA) is 120 Å². The zero-order valence-electron chi connectivity index (χ0n) is 22.8. The fraction of sp³-hybridized carbons (Fsp3) is 0.433. The second-order valence-electron chi connectivity index (χ2n) is 10.5. The van der Waals surface area contributed by atoms with Crippen molar-refractivity contribution in [1.82, 2.24) is 4.90 Å².